The second kappa shape index (κ2) is 7.24. The van der Waals surface area contributed by atoms with E-state index in [1.165, 1.54) is 6.33 Å². The average molecular weight is 367 g/mol. The molecule has 0 radical (unpaired) electrons. The summed E-state index contributed by atoms with van der Waals surface area (Å²) in [6.45, 7) is 8.03. The largest absolute Gasteiger partial charge is 0.494 e. The van der Waals surface area contributed by atoms with Crippen LogP contribution in [0.25, 0.3) is 28.7 Å². The van der Waals surface area contributed by atoms with Gasteiger partial charge in [-0.25, -0.2) is 14.6 Å². The summed E-state index contributed by atoms with van der Waals surface area (Å²) >= 11 is 0. The maximum atomic E-state index is 9.20. The van der Waals surface area contributed by atoms with Gasteiger partial charge in [-0.15, -0.1) is 0 Å². The smallest absolute Gasteiger partial charge is 0.178 e. The lowest BCUT2D eigenvalue weighted by atomic mass is 10.1. The van der Waals surface area contributed by atoms with Crippen LogP contribution in [-0.2, 0) is 17.8 Å². The van der Waals surface area contributed by atoms with E-state index in [9.17, 15) is 5.11 Å². The number of hydrogen-bond acceptors (Lipinski definition) is 6. The highest BCUT2D eigenvalue weighted by atomic mass is 16.5. The lowest BCUT2D eigenvalue weighted by Crippen LogP contribution is -2.06. The molecule has 2 aromatic heterocycles. The van der Waals surface area contributed by atoms with Crippen molar-refractivity contribution in [2.75, 3.05) is 19.8 Å². The number of rotatable bonds is 6. The molecule has 0 bridgehead atoms. The number of nitrogens with zero attached hydrogens (tertiary/aromatic N) is 5. The number of fused-ring (bicyclic) bond motifs is 3. The Labute approximate surface area is 156 Å². The first-order chi connectivity index (χ1) is 13.2. The zero-order valence-corrected chi connectivity index (χ0v) is 15.1. The van der Waals surface area contributed by atoms with Crippen molar-refractivity contribution < 1.29 is 14.6 Å². The molecule has 1 aliphatic rings. The minimum atomic E-state index is -0.00685. The molecule has 0 atom stereocenters. The molecule has 3 heterocycles. The fourth-order valence-corrected chi connectivity index (χ4v) is 3.14. The van der Waals surface area contributed by atoms with E-state index in [1.54, 1.807) is 4.68 Å². The van der Waals surface area contributed by atoms with Gasteiger partial charge in [-0.2, -0.15) is 5.10 Å². The third-order valence-electron chi connectivity index (χ3n) is 4.39. The number of aliphatic hydroxyl groups is 1. The Hall–Kier alpha value is -3.13. The normalized spacial score (nSPS) is 12.7. The Morgan fingerprint density at radius 2 is 2.26 bits per heavy atom. The van der Waals surface area contributed by atoms with Crippen molar-refractivity contribution >= 4 is 5.76 Å². The minimum Gasteiger partial charge on any atom is -0.494 e. The molecule has 0 unspecified atom stereocenters. The maximum Gasteiger partial charge on any atom is 0.178 e. The van der Waals surface area contributed by atoms with Crippen LogP contribution in [-0.4, -0.2) is 49.2 Å². The highest BCUT2D eigenvalue weighted by Gasteiger charge is 2.21. The molecule has 0 saturated heterocycles. The van der Waals surface area contributed by atoms with Crippen LogP contribution in [0.4, 0.5) is 0 Å². The highest BCUT2D eigenvalue weighted by Crippen LogP contribution is 2.35. The van der Waals surface area contributed by atoms with Gasteiger partial charge in [0, 0.05) is 11.8 Å². The molecule has 140 valence electrons. The summed E-state index contributed by atoms with van der Waals surface area (Å²) in [5, 5.41) is 13.3. The first-order valence-electron chi connectivity index (χ1n) is 8.86. The van der Waals surface area contributed by atoms with E-state index >= 15 is 0 Å². The summed E-state index contributed by atoms with van der Waals surface area (Å²) in [5.41, 5.74) is 2.50. The van der Waals surface area contributed by atoms with Crippen LogP contribution in [0.15, 0.2) is 37.3 Å². The third-order valence-corrected chi connectivity index (χ3v) is 4.39. The van der Waals surface area contributed by atoms with Crippen molar-refractivity contribution in [3.8, 4) is 28.7 Å². The Morgan fingerprint density at radius 1 is 1.37 bits per heavy atom. The number of aliphatic hydroxyl groups excluding tert-OH is 1. The molecule has 0 saturated carbocycles. The van der Waals surface area contributed by atoms with E-state index in [1.807, 2.05) is 31.3 Å². The van der Waals surface area contributed by atoms with E-state index in [0.29, 0.717) is 43.6 Å². The van der Waals surface area contributed by atoms with E-state index in [4.69, 9.17) is 14.5 Å². The molecular weight excluding hydrogens is 346 g/mol. The van der Waals surface area contributed by atoms with E-state index in [0.717, 1.165) is 22.7 Å². The SMILES string of the molecule is C=C(OCC)c1ccc2c(c1)OCCn1cc(-c3ncnn3CCO)nc1-2. The summed E-state index contributed by atoms with van der Waals surface area (Å²) in [6.07, 6.45) is 3.41. The predicted octanol–water partition coefficient (Wildman–Crippen LogP) is 2.20. The van der Waals surface area contributed by atoms with Gasteiger partial charge >= 0.3 is 0 Å². The third kappa shape index (κ3) is 3.19. The quantitative estimate of drug-likeness (QED) is 0.672. The molecule has 1 aliphatic heterocycles. The molecule has 8 nitrogen and oxygen atoms in total. The average Bonchev–Trinajstić information content (AvgIpc) is 3.25. The van der Waals surface area contributed by atoms with E-state index in [2.05, 4.69) is 21.2 Å². The van der Waals surface area contributed by atoms with Crippen molar-refractivity contribution in [2.45, 2.75) is 20.0 Å². The molecule has 0 amide bonds. The summed E-state index contributed by atoms with van der Waals surface area (Å²) in [5.74, 6) is 2.81. The number of ether oxygens (including phenoxy) is 2. The molecule has 27 heavy (non-hydrogen) atoms. The van der Waals surface area contributed by atoms with Gasteiger partial charge in [-0.1, -0.05) is 12.6 Å². The number of hydrogen-bond donors (Lipinski definition) is 1. The first-order valence-corrected chi connectivity index (χ1v) is 8.86. The van der Waals surface area contributed by atoms with Gasteiger partial charge in [0.2, 0.25) is 0 Å². The summed E-state index contributed by atoms with van der Waals surface area (Å²) in [4.78, 5) is 9.06. The Balaban J connectivity index is 1.74. The van der Waals surface area contributed by atoms with Crippen LogP contribution in [0, 0.1) is 0 Å². The number of aromatic nitrogens is 5. The van der Waals surface area contributed by atoms with Gasteiger partial charge in [0.05, 0.1) is 31.9 Å². The second-order valence-corrected chi connectivity index (χ2v) is 6.09. The summed E-state index contributed by atoms with van der Waals surface area (Å²) in [6, 6.07) is 5.87. The van der Waals surface area contributed by atoms with Crippen LogP contribution < -0.4 is 4.74 Å². The number of imidazole rings is 1. The molecule has 8 heteroatoms. The molecule has 0 spiro atoms. The zero-order valence-electron chi connectivity index (χ0n) is 15.1. The number of benzene rings is 1. The fraction of sp³-hybridized carbons (Fsp3) is 0.316. The van der Waals surface area contributed by atoms with Gasteiger partial charge in [0.15, 0.2) is 5.82 Å². The zero-order chi connectivity index (χ0) is 18.8. The van der Waals surface area contributed by atoms with E-state index in [-0.39, 0.29) is 6.61 Å². The van der Waals surface area contributed by atoms with Gasteiger partial charge in [-0.3, -0.25) is 0 Å². The van der Waals surface area contributed by atoms with E-state index < -0.39 is 0 Å². The standard InChI is InChI=1S/C19H21N5O3/c1-3-26-13(2)14-4-5-15-17(10-14)27-9-7-23-11-16(22-18(15)23)19-20-12-21-24(19)6-8-25/h4-5,10-12,25H,2-3,6-9H2,1H3. The minimum absolute atomic E-state index is 0.00685. The van der Waals surface area contributed by atoms with Gasteiger partial charge < -0.3 is 19.1 Å². The van der Waals surface area contributed by atoms with Gasteiger partial charge in [-0.05, 0) is 19.1 Å². The lowest BCUT2D eigenvalue weighted by molar-refractivity contribution is 0.270. The highest BCUT2D eigenvalue weighted by molar-refractivity contribution is 5.72. The Kier molecular flexibility index (Phi) is 4.64. The first kappa shape index (κ1) is 17.3. The summed E-state index contributed by atoms with van der Waals surface area (Å²) in [7, 11) is 0. The molecule has 0 fully saturated rings. The Morgan fingerprint density at radius 3 is 3.07 bits per heavy atom. The topological polar surface area (TPSA) is 87.2 Å². The van der Waals surface area contributed by atoms with Crippen LogP contribution in [0.2, 0.25) is 0 Å². The molecule has 4 rings (SSSR count). The van der Waals surface area contributed by atoms with Crippen LogP contribution >= 0.6 is 0 Å². The van der Waals surface area contributed by atoms with Crippen molar-refractivity contribution in [3.63, 3.8) is 0 Å². The fourth-order valence-electron chi connectivity index (χ4n) is 3.14. The van der Waals surface area contributed by atoms with Crippen LogP contribution in [0.3, 0.4) is 0 Å². The molecule has 0 aliphatic carbocycles. The van der Waals surface area contributed by atoms with Crippen molar-refractivity contribution in [2.24, 2.45) is 0 Å². The lowest BCUT2D eigenvalue weighted by Gasteiger charge is -2.11. The van der Waals surface area contributed by atoms with Crippen LogP contribution in [0.5, 0.6) is 5.75 Å². The van der Waals surface area contributed by atoms with Crippen LogP contribution in [0.1, 0.15) is 12.5 Å². The molecular formula is C19H21N5O3. The second-order valence-electron chi connectivity index (χ2n) is 6.09. The maximum absolute atomic E-state index is 9.20. The monoisotopic (exact) mass is 367 g/mol. The van der Waals surface area contributed by atoms with Crippen molar-refractivity contribution in [1.82, 2.24) is 24.3 Å². The summed E-state index contributed by atoms with van der Waals surface area (Å²) < 4.78 is 15.1. The molecule has 3 aromatic rings. The molecule has 1 N–H and O–H groups in total. The Bertz CT molecular complexity index is 976. The van der Waals surface area contributed by atoms with Gasteiger partial charge in [0.1, 0.15) is 36.0 Å². The van der Waals surface area contributed by atoms with Crippen molar-refractivity contribution in [1.29, 1.82) is 0 Å². The van der Waals surface area contributed by atoms with Crippen molar-refractivity contribution in [3.05, 3.63) is 42.9 Å². The predicted molar refractivity (Wildman–Crippen MR) is 99.9 cm³/mol. The molecule has 1 aromatic carbocycles. The van der Waals surface area contributed by atoms with Gasteiger partial charge in [0.25, 0.3) is 0 Å².